The van der Waals surface area contributed by atoms with Crippen LogP contribution in [0.1, 0.15) is 15.9 Å². The van der Waals surface area contributed by atoms with Gasteiger partial charge in [-0.2, -0.15) is 0 Å². The summed E-state index contributed by atoms with van der Waals surface area (Å²) in [5, 5.41) is 10.4. The average molecular weight is 293 g/mol. The Bertz CT molecular complexity index is 820. The number of Topliss-reactive ketones (excluding diaryl/α,β-unsaturated/α-hetero) is 1. The Morgan fingerprint density at radius 1 is 1.00 bits per heavy atom. The second-order valence-corrected chi connectivity index (χ2v) is 5.18. The van der Waals surface area contributed by atoms with Crippen molar-refractivity contribution in [1.29, 1.82) is 0 Å². The molecule has 0 amide bonds. The maximum atomic E-state index is 12.5. The molecule has 4 nitrogen and oxygen atoms in total. The van der Waals surface area contributed by atoms with E-state index >= 15 is 0 Å². The van der Waals surface area contributed by atoms with Gasteiger partial charge in [0.25, 0.3) is 0 Å². The molecule has 1 unspecified atom stereocenters. The molecule has 2 N–H and O–H groups in total. The minimum absolute atomic E-state index is 0.174. The Kier molecular flexibility index (Phi) is 3.74. The number of carbonyl (C=O) groups is 2. The van der Waals surface area contributed by atoms with Gasteiger partial charge in [0.05, 0.1) is 0 Å². The fraction of sp³-hybridized carbons (Fsp3) is 0.111. The fourth-order valence-corrected chi connectivity index (χ4v) is 2.62. The second kappa shape index (κ2) is 5.85. The van der Waals surface area contributed by atoms with Gasteiger partial charge in [0.2, 0.25) is 0 Å². The third-order valence-corrected chi connectivity index (χ3v) is 3.77. The number of carboxylic acid groups (broad SMARTS) is 1. The molecular weight excluding hydrogens is 278 g/mol. The second-order valence-electron chi connectivity index (χ2n) is 5.18. The van der Waals surface area contributed by atoms with Crippen molar-refractivity contribution < 1.29 is 14.7 Å². The number of aromatic nitrogens is 1. The summed E-state index contributed by atoms with van der Waals surface area (Å²) in [5.41, 5.74) is 2.20. The fourth-order valence-electron chi connectivity index (χ4n) is 2.62. The van der Waals surface area contributed by atoms with E-state index < -0.39 is 11.9 Å². The maximum Gasteiger partial charge on any atom is 0.314 e. The lowest BCUT2D eigenvalue weighted by molar-refractivity contribution is -0.139. The molecule has 1 aromatic heterocycles. The van der Waals surface area contributed by atoms with Gasteiger partial charge in [0.1, 0.15) is 5.92 Å². The van der Waals surface area contributed by atoms with Gasteiger partial charge >= 0.3 is 5.97 Å². The molecule has 110 valence electrons. The quantitative estimate of drug-likeness (QED) is 0.560. The Morgan fingerprint density at radius 3 is 2.41 bits per heavy atom. The number of carboxylic acids is 1. The Morgan fingerprint density at radius 2 is 1.68 bits per heavy atom. The number of hydrogen-bond donors (Lipinski definition) is 2. The summed E-state index contributed by atoms with van der Waals surface area (Å²) in [6.45, 7) is 0. The minimum atomic E-state index is -1.10. The summed E-state index contributed by atoms with van der Waals surface area (Å²) >= 11 is 0. The molecule has 3 rings (SSSR count). The van der Waals surface area contributed by atoms with E-state index in [1.54, 1.807) is 36.5 Å². The SMILES string of the molecule is O=C(O)C(Cc1c[nH]c2ccccc12)C(=O)c1ccccc1. The van der Waals surface area contributed by atoms with E-state index in [1.807, 2.05) is 24.3 Å². The molecule has 0 saturated carbocycles. The van der Waals surface area contributed by atoms with Crippen LogP contribution in [0.15, 0.2) is 60.8 Å². The van der Waals surface area contributed by atoms with Crippen LogP contribution in [0.5, 0.6) is 0 Å². The molecule has 0 saturated heterocycles. The molecule has 0 spiro atoms. The number of carbonyl (C=O) groups excluding carboxylic acids is 1. The van der Waals surface area contributed by atoms with Gasteiger partial charge in [-0.1, -0.05) is 48.5 Å². The molecule has 1 atom stereocenters. The zero-order valence-electron chi connectivity index (χ0n) is 11.8. The van der Waals surface area contributed by atoms with E-state index in [-0.39, 0.29) is 12.2 Å². The third kappa shape index (κ3) is 2.63. The lowest BCUT2D eigenvalue weighted by Gasteiger charge is -2.11. The standard InChI is InChI=1S/C18H15NO3/c20-17(12-6-2-1-3-7-12)15(18(21)22)10-13-11-19-16-9-5-4-8-14(13)16/h1-9,11,15,19H,10H2,(H,21,22). The molecule has 1 heterocycles. The van der Waals surface area contributed by atoms with Crippen LogP contribution < -0.4 is 0 Å². The number of H-pyrrole nitrogens is 1. The minimum Gasteiger partial charge on any atom is -0.481 e. The van der Waals surface area contributed by atoms with Crippen LogP contribution in [0, 0.1) is 5.92 Å². The molecule has 0 aliphatic rings. The first-order chi connectivity index (χ1) is 10.7. The smallest absolute Gasteiger partial charge is 0.314 e. The van der Waals surface area contributed by atoms with Crippen LogP contribution in [0.4, 0.5) is 0 Å². The highest BCUT2D eigenvalue weighted by atomic mass is 16.4. The van der Waals surface area contributed by atoms with Crippen molar-refractivity contribution in [2.75, 3.05) is 0 Å². The van der Waals surface area contributed by atoms with Crippen molar-refractivity contribution in [2.24, 2.45) is 5.92 Å². The molecule has 4 heteroatoms. The normalized spacial score (nSPS) is 12.2. The molecule has 3 aromatic rings. The highest BCUT2D eigenvalue weighted by molar-refractivity contribution is 6.08. The monoisotopic (exact) mass is 293 g/mol. The Balaban J connectivity index is 1.92. The van der Waals surface area contributed by atoms with Crippen molar-refractivity contribution in [3.8, 4) is 0 Å². The van der Waals surface area contributed by atoms with Crippen LogP contribution in [0.25, 0.3) is 10.9 Å². The van der Waals surface area contributed by atoms with Crippen molar-refractivity contribution in [3.05, 3.63) is 71.9 Å². The predicted molar refractivity (Wildman–Crippen MR) is 83.9 cm³/mol. The van der Waals surface area contributed by atoms with Gasteiger partial charge in [-0.15, -0.1) is 0 Å². The average Bonchev–Trinajstić information content (AvgIpc) is 2.95. The number of aromatic amines is 1. The number of benzene rings is 2. The predicted octanol–water partition coefficient (Wildman–Crippen LogP) is 3.29. The number of hydrogen-bond acceptors (Lipinski definition) is 2. The van der Waals surface area contributed by atoms with Crippen LogP contribution in [-0.4, -0.2) is 21.8 Å². The summed E-state index contributed by atoms with van der Waals surface area (Å²) in [5.74, 6) is -2.54. The number of fused-ring (bicyclic) bond motifs is 1. The van der Waals surface area contributed by atoms with Gasteiger partial charge in [-0.05, 0) is 18.1 Å². The molecule has 0 aliphatic carbocycles. The van der Waals surface area contributed by atoms with Gasteiger partial charge in [0.15, 0.2) is 5.78 Å². The van der Waals surface area contributed by atoms with Gasteiger partial charge in [-0.25, -0.2) is 0 Å². The molecule has 2 aromatic carbocycles. The first-order valence-corrected chi connectivity index (χ1v) is 7.04. The van der Waals surface area contributed by atoms with E-state index in [4.69, 9.17) is 0 Å². The van der Waals surface area contributed by atoms with Crippen LogP contribution in [0.2, 0.25) is 0 Å². The van der Waals surface area contributed by atoms with E-state index in [0.29, 0.717) is 5.56 Å². The van der Waals surface area contributed by atoms with E-state index in [1.165, 1.54) is 0 Å². The molecule has 0 bridgehead atoms. The zero-order valence-corrected chi connectivity index (χ0v) is 11.8. The van der Waals surface area contributed by atoms with Crippen molar-refractivity contribution in [3.63, 3.8) is 0 Å². The lowest BCUT2D eigenvalue weighted by Crippen LogP contribution is -2.26. The summed E-state index contributed by atoms with van der Waals surface area (Å²) in [6, 6.07) is 16.2. The van der Waals surface area contributed by atoms with Crippen LogP contribution in [0.3, 0.4) is 0 Å². The largest absolute Gasteiger partial charge is 0.481 e. The van der Waals surface area contributed by atoms with E-state index in [0.717, 1.165) is 16.5 Å². The summed E-state index contributed by atoms with van der Waals surface area (Å²) in [6.07, 6.45) is 1.95. The molecule has 0 fully saturated rings. The van der Waals surface area contributed by atoms with Crippen LogP contribution in [-0.2, 0) is 11.2 Å². The first kappa shape index (κ1) is 14.1. The Hall–Kier alpha value is -2.88. The van der Waals surface area contributed by atoms with E-state index in [2.05, 4.69) is 4.98 Å². The number of aliphatic carboxylic acids is 1. The molecule has 22 heavy (non-hydrogen) atoms. The highest BCUT2D eigenvalue weighted by Crippen LogP contribution is 2.22. The van der Waals surface area contributed by atoms with Crippen molar-refractivity contribution in [1.82, 2.24) is 4.98 Å². The summed E-state index contributed by atoms with van der Waals surface area (Å²) in [7, 11) is 0. The maximum absolute atomic E-state index is 12.5. The highest BCUT2D eigenvalue weighted by Gasteiger charge is 2.28. The summed E-state index contributed by atoms with van der Waals surface area (Å²) in [4.78, 5) is 27.1. The van der Waals surface area contributed by atoms with Crippen LogP contribution >= 0.6 is 0 Å². The molecule has 0 aliphatic heterocycles. The van der Waals surface area contributed by atoms with Gasteiger partial charge < -0.3 is 10.1 Å². The topological polar surface area (TPSA) is 70.2 Å². The molecular formula is C18H15NO3. The zero-order chi connectivity index (χ0) is 15.5. The van der Waals surface area contributed by atoms with Crippen molar-refractivity contribution in [2.45, 2.75) is 6.42 Å². The number of rotatable bonds is 5. The third-order valence-electron chi connectivity index (χ3n) is 3.77. The number of para-hydroxylation sites is 1. The van der Waals surface area contributed by atoms with Gasteiger partial charge in [-0.3, -0.25) is 9.59 Å². The molecule has 0 radical (unpaired) electrons. The number of nitrogens with one attached hydrogen (secondary N) is 1. The number of ketones is 1. The first-order valence-electron chi connectivity index (χ1n) is 7.04. The van der Waals surface area contributed by atoms with Crippen molar-refractivity contribution >= 4 is 22.7 Å². The summed E-state index contributed by atoms with van der Waals surface area (Å²) < 4.78 is 0. The Labute approximate surface area is 127 Å². The lowest BCUT2D eigenvalue weighted by atomic mass is 9.91. The van der Waals surface area contributed by atoms with E-state index in [9.17, 15) is 14.7 Å². The van der Waals surface area contributed by atoms with Gasteiger partial charge in [0, 0.05) is 22.7 Å².